The van der Waals surface area contributed by atoms with Crippen LogP contribution in [-0.2, 0) is 47.7 Å². The first-order valence-corrected chi connectivity index (χ1v) is 19.8. The second kappa shape index (κ2) is 17.3. The van der Waals surface area contributed by atoms with E-state index in [0.717, 1.165) is 0 Å². The van der Waals surface area contributed by atoms with Gasteiger partial charge in [0.25, 0.3) is 0 Å². The Bertz CT molecular complexity index is 2010. The van der Waals surface area contributed by atoms with Crippen LogP contribution in [0.15, 0.2) is 24.3 Å². The maximum Gasteiger partial charge on any atom is 0.310 e. The average molecular weight is 857 g/mol. The molecule has 61 heavy (non-hydrogen) atoms. The minimum absolute atomic E-state index is 0.0301. The highest BCUT2D eigenvalue weighted by Crippen LogP contribution is 2.57. The first-order chi connectivity index (χ1) is 29.2. The number of rotatable bonds is 8. The van der Waals surface area contributed by atoms with E-state index >= 15 is 0 Å². The first kappa shape index (κ1) is 42.6. The highest BCUT2D eigenvalue weighted by molar-refractivity contribution is 6.00. The molecule has 21 heteroatoms. The van der Waals surface area contributed by atoms with Crippen LogP contribution in [0.3, 0.4) is 0 Å². The van der Waals surface area contributed by atoms with Gasteiger partial charge in [-0.05, 0) is 54.8 Å². The maximum atomic E-state index is 13.4. The fourth-order valence-corrected chi connectivity index (χ4v) is 9.02. The fourth-order valence-electron chi connectivity index (χ4n) is 9.02. The summed E-state index contributed by atoms with van der Waals surface area (Å²) in [6.07, 6.45) is -6.80. The molecule has 21 nitrogen and oxygen atoms in total. The molecule has 9 rings (SSSR count). The van der Waals surface area contributed by atoms with Crippen LogP contribution in [0.2, 0.25) is 0 Å². The number of methoxy groups -OCH3 is 2. The molecule has 5 N–H and O–H groups in total. The molecule has 0 aromatic heterocycles. The number of carbonyl (C=O) groups excluding carboxylic acids is 5. The predicted molar refractivity (Wildman–Crippen MR) is 202 cm³/mol. The molecular formula is C40H48N4O17. The van der Waals surface area contributed by atoms with Crippen LogP contribution in [0, 0.1) is 11.8 Å². The Morgan fingerprint density at radius 1 is 0.803 bits per heavy atom. The van der Waals surface area contributed by atoms with Crippen LogP contribution in [0.25, 0.3) is 0 Å². The summed E-state index contributed by atoms with van der Waals surface area (Å²) in [7, 11) is 2.86. The Morgan fingerprint density at radius 3 is 2.03 bits per heavy atom. The molecule has 0 radical (unpaired) electrons. The molecule has 5 fully saturated rings. The summed E-state index contributed by atoms with van der Waals surface area (Å²) >= 11 is 0. The van der Waals surface area contributed by atoms with Gasteiger partial charge < -0.3 is 58.0 Å². The van der Waals surface area contributed by atoms with Crippen LogP contribution in [0.4, 0.5) is 0 Å². The maximum absolute atomic E-state index is 13.4. The number of aliphatic hydroxyl groups excluding tert-OH is 2. The molecule has 1 aliphatic carbocycles. The van der Waals surface area contributed by atoms with E-state index < -0.39 is 66.8 Å². The second-order valence-corrected chi connectivity index (χ2v) is 15.9. The average Bonchev–Trinajstić information content (AvgIpc) is 3.85. The molecule has 1 unspecified atom stereocenters. The standard InChI is InChI=1S/C29H32O13.C11H16N4O4/c1-11-36-9-20-27(40-11)24(31)25(32)29(41-20)42-26-14-7-17-16(38-10-39-17)6-13(14)21(22-15(26)8-37-28(22)33)12-4-18(34-2)23(30)19(5-12)35-3;1-7(15-5-10(18)13-11(19)6-15)2-14-3-8(16)12-9(17)4-14/h4-7,11,15,20-22,24-27,29-32H,8-10H2,1-3H3;7H,2-6H2,1H3,(H,12,16,17)(H,13,18,19)/t11-,15+,20-,21-,22+,24-,25-,26-,27-,29+;/m1./s1. The van der Waals surface area contributed by atoms with Crippen molar-refractivity contribution in [2.24, 2.45) is 11.8 Å². The molecule has 0 bridgehead atoms. The number of aliphatic hydroxyl groups is 2. The van der Waals surface area contributed by atoms with E-state index in [1.807, 2.05) is 6.92 Å². The first-order valence-electron chi connectivity index (χ1n) is 19.8. The Balaban J connectivity index is 0.000000227. The number of phenols is 1. The number of imide groups is 2. The summed E-state index contributed by atoms with van der Waals surface area (Å²) in [4.78, 5) is 61.9. The van der Waals surface area contributed by atoms with Gasteiger partial charge in [0.05, 0.1) is 65.6 Å². The van der Waals surface area contributed by atoms with Gasteiger partial charge in [-0.3, -0.25) is 44.4 Å². The topological polar surface area (TPSA) is 260 Å². The third-order valence-electron chi connectivity index (χ3n) is 11.9. The zero-order valence-corrected chi connectivity index (χ0v) is 33.8. The molecule has 6 aliphatic heterocycles. The number of amides is 4. The van der Waals surface area contributed by atoms with Crippen molar-refractivity contribution in [2.45, 2.75) is 68.9 Å². The Hall–Kier alpha value is -5.13. The van der Waals surface area contributed by atoms with Crippen molar-refractivity contribution >= 4 is 29.6 Å². The highest BCUT2D eigenvalue weighted by Gasteiger charge is 2.56. The van der Waals surface area contributed by atoms with E-state index in [1.165, 1.54) is 14.2 Å². The van der Waals surface area contributed by atoms with Crippen molar-refractivity contribution in [2.75, 3.05) is 67.0 Å². The number of ether oxygens (including phenoxy) is 9. The van der Waals surface area contributed by atoms with Gasteiger partial charge >= 0.3 is 5.97 Å². The summed E-state index contributed by atoms with van der Waals surface area (Å²) in [5.41, 5.74) is 2.01. The van der Waals surface area contributed by atoms with E-state index in [4.69, 9.17) is 42.6 Å². The van der Waals surface area contributed by atoms with Crippen LogP contribution in [0.1, 0.15) is 42.6 Å². The number of esters is 1. The number of piperazine rings is 2. The minimum atomic E-state index is -1.44. The monoisotopic (exact) mass is 856 g/mol. The third kappa shape index (κ3) is 8.43. The quantitative estimate of drug-likeness (QED) is 0.152. The molecule has 4 amide bonds. The van der Waals surface area contributed by atoms with Crippen molar-refractivity contribution in [3.8, 4) is 28.7 Å². The molecule has 2 aromatic rings. The van der Waals surface area contributed by atoms with Gasteiger partial charge in [0, 0.05) is 24.4 Å². The Kier molecular flexibility index (Phi) is 12.1. The lowest BCUT2D eigenvalue weighted by atomic mass is 9.66. The molecular weight excluding hydrogens is 808 g/mol. The molecule has 6 heterocycles. The third-order valence-corrected chi connectivity index (χ3v) is 11.9. The minimum Gasteiger partial charge on any atom is -0.502 e. The molecule has 5 saturated heterocycles. The largest absolute Gasteiger partial charge is 0.502 e. The number of carbonyl (C=O) groups is 5. The Morgan fingerprint density at radius 2 is 1.41 bits per heavy atom. The van der Waals surface area contributed by atoms with Gasteiger partial charge in [-0.15, -0.1) is 0 Å². The van der Waals surface area contributed by atoms with E-state index in [2.05, 4.69) is 10.6 Å². The zero-order valence-electron chi connectivity index (χ0n) is 33.8. The number of phenolic OH excluding ortho intramolecular Hbond substituents is 1. The van der Waals surface area contributed by atoms with Gasteiger partial charge in [-0.1, -0.05) is 0 Å². The molecule has 0 spiro atoms. The summed E-state index contributed by atoms with van der Waals surface area (Å²) in [5, 5.41) is 37.0. The normalized spacial score (nSPS) is 32.6. The number of hydrogen-bond donors (Lipinski definition) is 5. The fraction of sp³-hybridized carbons (Fsp3) is 0.575. The van der Waals surface area contributed by atoms with Crippen molar-refractivity contribution < 1.29 is 81.9 Å². The van der Waals surface area contributed by atoms with Gasteiger partial charge in [0.15, 0.2) is 35.6 Å². The number of aromatic hydroxyl groups is 1. The van der Waals surface area contributed by atoms with Crippen molar-refractivity contribution in [3.05, 3.63) is 41.0 Å². The van der Waals surface area contributed by atoms with E-state index in [0.29, 0.717) is 34.7 Å². The van der Waals surface area contributed by atoms with Crippen molar-refractivity contribution in [3.63, 3.8) is 0 Å². The van der Waals surface area contributed by atoms with Crippen molar-refractivity contribution in [1.82, 2.24) is 20.4 Å². The zero-order chi connectivity index (χ0) is 43.3. The van der Waals surface area contributed by atoms with Crippen LogP contribution in [-0.4, -0.2) is 165 Å². The number of fused-ring (bicyclic) bond motifs is 4. The van der Waals surface area contributed by atoms with Gasteiger partial charge in [-0.2, -0.15) is 0 Å². The smallest absolute Gasteiger partial charge is 0.310 e. The lowest BCUT2D eigenvalue weighted by molar-refractivity contribution is -0.364. The number of benzene rings is 2. The molecule has 2 aromatic carbocycles. The van der Waals surface area contributed by atoms with Crippen LogP contribution < -0.4 is 29.6 Å². The van der Waals surface area contributed by atoms with Gasteiger partial charge in [-0.25, -0.2) is 0 Å². The lowest BCUT2D eigenvalue weighted by Crippen LogP contribution is -2.63. The van der Waals surface area contributed by atoms with Gasteiger partial charge in [0.2, 0.25) is 36.2 Å². The predicted octanol–water partition coefficient (Wildman–Crippen LogP) is -1.37. The number of nitrogens with zero attached hydrogens (tertiary/aromatic N) is 2. The molecule has 11 atom stereocenters. The molecule has 330 valence electrons. The highest BCUT2D eigenvalue weighted by atomic mass is 16.8. The summed E-state index contributed by atoms with van der Waals surface area (Å²) in [6, 6.07) is 6.84. The van der Waals surface area contributed by atoms with E-state index in [1.54, 1.807) is 41.0 Å². The number of nitrogens with one attached hydrogen (secondary N) is 2. The van der Waals surface area contributed by atoms with E-state index in [-0.39, 0.29) is 93.1 Å². The lowest BCUT2D eigenvalue weighted by Gasteiger charge is -2.47. The van der Waals surface area contributed by atoms with E-state index in [9.17, 15) is 39.3 Å². The molecule has 7 aliphatic rings. The van der Waals surface area contributed by atoms with Crippen LogP contribution in [0.5, 0.6) is 28.7 Å². The Labute approximate surface area is 349 Å². The second-order valence-electron chi connectivity index (χ2n) is 15.9. The number of cyclic esters (lactones) is 1. The van der Waals surface area contributed by atoms with Crippen LogP contribution >= 0.6 is 0 Å². The summed E-state index contributed by atoms with van der Waals surface area (Å²) < 4.78 is 51.5. The molecule has 0 saturated carbocycles. The van der Waals surface area contributed by atoms with Gasteiger partial charge in [0.1, 0.15) is 24.4 Å². The summed E-state index contributed by atoms with van der Waals surface area (Å²) in [6.45, 7) is 4.87. The SMILES string of the molecule is CC(CN1CC(=O)NC(=O)C1)N1CC(=O)NC(=O)C1.COc1cc([C@@H]2c3cc4c(cc3[C@@H](O[C@@H]3O[C@@H]5CO[C@@H](C)O[C@H]5[C@H](O)[C@H]3O)[C@H]3COC(=O)[C@H]23)OCO4)cc(OC)c1O. The summed E-state index contributed by atoms with van der Waals surface area (Å²) in [5.74, 6) is -2.32. The van der Waals surface area contributed by atoms with Crippen molar-refractivity contribution in [1.29, 1.82) is 0 Å². The number of hydrogen-bond acceptors (Lipinski definition) is 19.